The highest BCUT2D eigenvalue weighted by Crippen LogP contribution is 2.22. The summed E-state index contributed by atoms with van der Waals surface area (Å²) in [6.07, 6.45) is 1.64. The molecule has 150 valence electrons. The van der Waals surface area contributed by atoms with Gasteiger partial charge in [0, 0.05) is 12.3 Å². The first-order chi connectivity index (χ1) is 14.5. The second-order valence-electron chi connectivity index (χ2n) is 6.53. The van der Waals surface area contributed by atoms with Crippen molar-refractivity contribution in [1.29, 1.82) is 0 Å². The number of nitro groups is 1. The number of non-ortho nitro benzene ring substituents is 1. The maximum absolute atomic E-state index is 12.8. The summed E-state index contributed by atoms with van der Waals surface area (Å²) in [5, 5.41) is 13.8. The maximum atomic E-state index is 12.8. The second kappa shape index (κ2) is 8.00. The lowest BCUT2D eigenvalue weighted by Gasteiger charge is -2.19. The maximum Gasteiger partial charge on any atom is 0.420 e. The number of carbonyl (C=O) groups is 1. The highest BCUT2D eigenvalue weighted by Gasteiger charge is 2.20. The third-order valence-corrected chi connectivity index (χ3v) is 4.59. The van der Waals surface area contributed by atoms with E-state index in [4.69, 9.17) is 4.42 Å². The summed E-state index contributed by atoms with van der Waals surface area (Å²) in [5.41, 5.74) is 1.63. The summed E-state index contributed by atoms with van der Waals surface area (Å²) in [5.74, 6) is -1.20. The molecule has 9 nitrogen and oxygen atoms in total. The molecule has 1 amide bonds. The van der Waals surface area contributed by atoms with Gasteiger partial charge in [0.1, 0.15) is 6.54 Å². The van der Waals surface area contributed by atoms with Gasteiger partial charge in [-0.3, -0.25) is 24.5 Å². The normalized spacial score (nSPS) is 11.9. The zero-order valence-electron chi connectivity index (χ0n) is 15.6. The van der Waals surface area contributed by atoms with Crippen LogP contribution in [0.4, 0.5) is 5.69 Å². The van der Waals surface area contributed by atoms with Gasteiger partial charge in [0.05, 0.1) is 28.2 Å². The first-order valence-corrected chi connectivity index (χ1v) is 9.06. The monoisotopic (exact) mass is 404 g/mol. The van der Waals surface area contributed by atoms with Gasteiger partial charge in [0.2, 0.25) is 5.91 Å². The summed E-state index contributed by atoms with van der Waals surface area (Å²) in [7, 11) is 0. The predicted octanol–water partition coefficient (Wildman–Crippen LogP) is 2.80. The molecule has 0 aliphatic carbocycles. The molecule has 1 atom stereocenters. The molecule has 0 fully saturated rings. The van der Waals surface area contributed by atoms with Gasteiger partial charge in [-0.1, -0.05) is 36.4 Å². The zero-order chi connectivity index (χ0) is 21.1. The van der Waals surface area contributed by atoms with Gasteiger partial charge >= 0.3 is 5.76 Å². The molecular weight excluding hydrogens is 388 g/mol. The third-order valence-electron chi connectivity index (χ3n) is 4.59. The molecule has 2 aromatic carbocycles. The van der Waals surface area contributed by atoms with Gasteiger partial charge in [-0.05, 0) is 23.8 Å². The van der Waals surface area contributed by atoms with E-state index < -0.39 is 22.6 Å². The highest BCUT2D eigenvalue weighted by atomic mass is 16.6. The Morgan fingerprint density at radius 2 is 1.90 bits per heavy atom. The lowest BCUT2D eigenvalue weighted by Crippen LogP contribution is -2.34. The van der Waals surface area contributed by atoms with Crippen LogP contribution in [0.15, 0.2) is 82.1 Å². The topological polar surface area (TPSA) is 120 Å². The van der Waals surface area contributed by atoms with E-state index in [0.29, 0.717) is 11.2 Å². The summed E-state index contributed by atoms with van der Waals surface area (Å²) in [6.45, 7) is -0.306. The number of fused-ring (bicyclic) bond motifs is 1. The van der Waals surface area contributed by atoms with Crippen LogP contribution in [-0.4, -0.2) is 20.4 Å². The standard InChI is InChI=1S/C21H16N4O5/c26-19(13-24-17-10-9-15(25(28)29)12-18(17)30-21(24)27)23-20(14-6-2-1-3-7-14)16-8-4-5-11-22-16/h1-12,20H,13H2,(H,23,26). The van der Waals surface area contributed by atoms with Gasteiger partial charge in [0.25, 0.3) is 5.69 Å². The number of hydrogen-bond donors (Lipinski definition) is 1. The number of oxazole rings is 1. The van der Waals surface area contributed by atoms with Crippen molar-refractivity contribution in [2.45, 2.75) is 12.6 Å². The largest absolute Gasteiger partial charge is 0.420 e. The number of nitrogens with zero attached hydrogens (tertiary/aromatic N) is 3. The van der Waals surface area contributed by atoms with E-state index in [0.717, 1.165) is 16.2 Å². The molecule has 9 heteroatoms. The number of nitro benzene ring substituents is 1. The van der Waals surface area contributed by atoms with Crippen molar-refractivity contribution in [3.05, 3.63) is 105 Å². The van der Waals surface area contributed by atoms with Gasteiger partial charge in [-0.2, -0.15) is 0 Å². The minimum atomic E-state index is -0.769. The van der Waals surface area contributed by atoms with Gasteiger partial charge in [0.15, 0.2) is 5.58 Å². The molecule has 30 heavy (non-hydrogen) atoms. The van der Waals surface area contributed by atoms with E-state index in [1.165, 1.54) is 12.1 Å². The number of pyridine rings is 1. The molecule has 0 radical (unpaired) electrons. The van der Waals surface area contributed by atoms with Crippen molar-refractivity contribution in [3.8, 4) is 0 Å². The average Bonchev–Trinajstić information content (AvgIpc) is 3.07. The van der Waals surface area contributed by atoms with Crippen LogP contribution in [0.2, 0.25) is 0 Å². The number of nitrogens with one attached hydrogen (secondary N) is 1. The molecule has 2 aromatic heterocycles. The molecule has 0 bridgehead atoms. The Labute approximate surface area is 169 Å². The number of rotatable bonds is 6. The molecule has 4 rings (SSSR count). The number of carbonyl (C=O) groups excluding carboxylic acids is 1. The van der Waals surface area contributed by atoms with Crippen LogP contribution in [-0.2, 0) is 11.3 Å². The van der Waals surface area contributed by atoms with Crippen molar-refractivity contribution < 1.29 is 14.1 Å². The summed E-state index contributed by atoms with van der Waals surface area (Å²) >= 11 is 0. The Morgan fingerprint density at radius 3 is 2.60 bits per heavy atom. The average molecular weight is 404 g/mol. The lowest BCUT2D eigenvalue weighted by molar-refractivity contribution is -0.384. The van der Waals surface area contributed by atoms with Crippen molar-refractivity contribution in [2.24, 2.45) is 0 Å². The Hall–Kier alpha value is -4.27. The molecule has 0 aliphatic rings. The fraction of sp³-hybridized carbons (Fsp3) is 0.0952. The quantitative estimate of drug-likeness (QED) is 0.390. The fourth-order valence-corrected chi connectivity index (χ4v) is 3.19. The third kappa shape index (κ3) is 3.81. The number of hydrogen-bond acceptors (Lipinski definition) is 6. The summed E-state index contributed by atoms with van der Waals surface area (Å²) < 4.78 is 6.21. The SMILES string of the molecule is O=C(Cn1c(=O)oc2cc([N+](=O)[O-])ccc21)NC(c1ccccc1)c1ccccn1. The van der Waals surface area contributed by atoms with Crippen LogP contribution in [0.3, 0.4) is 0 Å². The minimum Gasteiger partial charge on any atom is -0.407 e. The summed E-state index contributed by atoms with van der Waals surface area (Å²) in [6, 6.07) is 18.0. The van der Waals surface area contributed by atoms with E-state index in [2.05, 4.69) is 10.3 Å². The number of aromatic nitrogens is 2. The van der Waals surface area contributed by atoms with Crippen LogP contribution < -0.4 is 11.1 Å². The molecule has 0 saturated carbocycles. The smallest absolute Gasteiger partial charge is 0.407 e. The van der Waals surface area contributed by atoms with Crippen LogP contribution >= 0.6 is 0 Å². The van der Waals surface area contributed by atoms with Crippen LogP contribution in [0.5, 0.6) is 0 Å². The van der Waals surface area contributed by atoms with Gasteiger partial charge in [-0.15, -0.1) is 0 Å². The fourth-order valence-electron chi connectivity index (χ4n) is 3.19. The Kier molecular flexibility index (Phi) is 5.08. The molecule has 0 spiro atoms. The minimum absolute atomic E-state index is 0.0475. The van der Waals surface area contributed by atoms with E-state index >= 15 is 0 Å². The van der Waals surface area contributed by atoms with Crippen molar-refractivity contribution in [1.82, 2.24) is 14.9 Å². The molecule has 4 aromatic rings. The lowest BCUT2D eigenvalue weighted by atomic mass is 10.0. The number of amides is 1. The highest BCUT2D eigenvalue weighted by molar-refractivity contribution is 5.81. The van der Waals surface area contributed by atoms with Crippen molar-refractivity contribution in [3.63, 3.8) is 0 Å². The van der Waals surface area contributed by atoms with Crippen LogP contribution in [0.1, 0.15) is 17.3 Å². The summed E-state index contributed by atoms with van der Waals surface area (Å²) in [4.78, 5) is 39.7. The molecule has 0 saturated heterocycles. The van der Waals surface area contributed by atoms with E-state index in [9.17, 15) is 19.7 Å². The first kappa shape index (κ1) is 19.1. The Balaban J connectivity index is 1.62. The van der Waals surface area contributed by atoms with E-state index in [1.54, 1.807) is 18.3 Å². The van der Waals surface area contributed by atoms with Gasteiger partial charge in [-0.25, -0.2) is 4.79 Å². The molecule has 1 N–H and O–H groups in total. The van der Waals surface area contributed by atoms with Crippen molar-refractivity contribution in [2.75, 3.05) is 0 Å². The second-order valence-corrected chi connectivity index (χ2v) is 6.53. The zero-order valence-corrected chi connectivity index (χ0v) is 15.6. The molecule has 0 aliphatic heterocycles. The van der Waals surface area contributed by atoms with Crippen molar-refractivity contribution >= 4 is 22.7 Å². The number of benzene rings is 2. The van der Waals surface area contributed by atoms with Gasteiger partial charge < -0.3 is 9.73 Å². The van der Waals surface area contributed by atoms with E-state index in [-0.39, 0.29) is 17.8 Å². The van der Waals surface area contributed by atoms with E-state index in [1.807, 2.05) is 36.4 Å². The predicted molar refractivity (Wildman–Crippen MR) is 108 cm³/mol. The van der Waals surface area contributed by atoms with Crippen LogP contribution in [0.25, 0.3) is 11.1 Å². The molecule has 2 heterocycles. The Bertz CT molecular complexity index is 1230. The van der Waals surface area contributed by atoms with Crippen LogP contribution in [0, 0.1) is 10.1 Å². The molecular formula is C21H16N4O5. The first-order valence-electron chi connectivity index (χ1n) is 9.06. The Morgan fingerprint density at radius 1 is 1.13 bits per heavy atom. The molecule has 1 unspecified atom stereocenters.